The SMILES string of the molecule is COc1cccc(CC(=O)N2CCC(c3nc(-c4cc5ccccc5[nH]4)c4c(N)nccn34)CC2)c1.Cn1nc(C(=O)N2CCC(c3nc(-c4cc5ccccc5[nH]4)c4c(N)nccn34)CC2)c2ccccc21.Nc1nccn2c(C3CCN(C(=O)c4csc5ccccc45)CC3)nc(-c3cc4ccccc4[nH]3)c12. The summed E-state index contributed by atoms with van der Waals surface area (Å²) in [6.45, 7) is 4.09. The Morgan fingerprint density at radius 2 is 0.908 bits per heavy atom. The summed E-state index contributed by atoms with van der Waals surface area (Å²) in [6.07, 6.45) is 16.3. The number of amides is 3. The summed E-state index contributed by atoms with van der Waals surface area (Å²) in [5.41, 5.74) is 33.1. The van der Waals surface area contributed by atoms with Gasteiger partial charge in [0.25, 0.3) is 11.8 Å². The number of carbonyl (C=O) groups excluding carboxylic acids is 3. The van der Waals surface area contributed by atoms with Gasteiger partial charge in [0.1, 0.15) is 74.3 Å². The van der Waals surface area contributed by atoms with Gasteiger partial charge in [0, 0.05) is 155 Å². The topological polar surface area (TPSA) is 304 Å². The molecule has 109 heavy (non-hydrogen) atoms. The number of benzene rings is 6. The van der Waals surface area contributed by atoms with Crippen LogP contribution < -0.4 is 21.9 Å². The highest BCUT2D eigenvalue weighted by Crippen LogP contribution is 2.41. The Morgan fingerprint density at radius 3 is 1.38 bits per heavy atom. The molecule has 24 nitrogen and oxygen atoms in total. The molecule has 0 atom stereocenters. The molecule has 3 aliphatic heterocycles. The fraction of sp³-hybridized carbons (Fsp3) is 0.214. The number of rotatable bonds is 11. The van der Waals surface area contributed by atoms with Gasteiger partial charge in [-0.15, -0.1) is 11.3 Å². The number of aromatic amines is 3. The van der Waals surface area contributed by atoms with Gasteiger partial charge in [0.15, 0.2) is 5.69 Å². The Labute approximate surface area is 628 Å². The third-order valence-electron chi connectivity index (χ3n) is 21.9. The molecule has 0 radical (unpaired) electrons. The third kappa shape index (κ3) is 12.6. The summed E-state index contributed by atoms with van der Waals surface area (Å²) in [5.74, 6) is 5.90. The Bertz CT molecular complexity index is 6230. The second-order valence-electron chi connectivity index (χ2n) is 28.3. The zero-order valence-electron chi connectivity index (χ0n) is 60.1. The zero-order chi connectivity index (χ0) is 74.0. The molecule has 0 spiro atoms. The minimum Gasteiger partial charge on any atom is -0.497 e. The molecule has 3 fully saturated rings. The van der Waals surface area contributed by atoms with Crippen molar-refractivity contribution >= 4 is 117 Å². The van der Waals surface area contributed by atoms with Crippen LogP contribution in [0.15, 0.2) is 206 Å². The number of hydrogen-bond donors (Lipinski definition) is 6. The van der Waals surface area contributed by atoms with Crippen LogP contribution in [0.3, 0.4) is 0 Å². The van der Waals surface area contributed by atoms with Gasteiger partial charge in [-0.1, -0.05) is 103 Å². The van der Waals surface area contributed by atoms with Crippen molar-refractivity contribution in [2.45, 2.75) is 62.7 Å². The summed E-state index contributed by atoms with van der Waals surface area (Å²) in [6, 6.07) is 54.5. The van der Waals surface area contributed by atoms with Gasteiger partial charge in [-0.25, -0.2) is 29.9 Å². The van der Waals surface area contributed by atoms with Crippen molar-refractivity contribution < 1.29 is 19.1 Å². The smallest absolute Gasteiger partial charge is 0.275 e. The average molecular weight is 1460 g/mol. The van der Waals surface area contributed by atoms with Crippen molar-refractivity contribution in [2.24, 2.45) is 7.05 Å². The van der Waals surface area contributed by atoms with Crippen molar-refractivity contribution in [1.82, 2.24) is 82.5 Å². The number of nitrogens with zero attached hydrogens (tertiary/aromatic N) is 14. The number of nitrogens with two attached hydrogens (primary N) is 3. The fourth-order valence-electron chi connectivity index (χ4n) is 16.3. The van der Waals surface area contributed by atoms with Gasteiger partial charge in [-0.3, -0.25) is 32.3 Å². The summed E-state index contributed by atoms with van der Waals surface area (Å²) >= 11 is 1.63. The predicted molar refractivity (Wildman–Crippen MR) is 428 cm³/mol. The number of likely N-dealkylation sites (tertiary alicyclic amines) is 3. The molecule has 3 amide bonds. The molecule has 3 saturated heterocycles. The Kier molecular flexibility index (Phi) is 17.6. The van der Waals surface area contributed by atoms with Crippen LogP contribution in [0.2, 0.25) is 0 Å². The number of nitrogen functional groups attached to an aromatic ring is 3. The van der Waals surface area contributed by atoms with Crippen LogP contribution >= 0.6 is 11.3 Å². The van der Waals surface area contributed by atoms with Crippen molar-refractivity contribution in [2.75, 3.05) is 63.6 Å². The molecule has 17 aromatic rings. The van der Waals surface area contributed by atoms with E-state index in [1.165, 1.54) is 0 Å². The number of ether oxygens (including phenoxy) is 1. The molecule has 9 N–H and O–H groups in total. The van der Waals surface area contributed by atoms with Crippen LogP contribution in [0.25, 0.3) is 104 Å². The predicted octanol–water partition coefficient (Wildman–Crippen LogP) is 14.5. The van der Waals surface area contributed by atoms with Gasteiger partial charge in [0.2, 0.25) is 5.91 Å². The van der Waals surface area contributed by atoms with E-state index in [0.717, 1.165) is 177 Å². The fourth-order valence-corrected chi connectivity index (χ4v) is 17.2. The number of para-hydroxylation sites is 4. The number of piperidine rings is 3. The highest BCUT2D eigenvalue weighted by Gasteiger charge is 2.34. The molecule has 3 aliphatic rings. The van der Waals surface area contributed by atoms with E-state index < -0.39 is 0 Å². The monoisotopic (exact) mass is 1460 g/mol. The molecule has 0 bridgehead atoms. The van der Waals surface area contributed by atoms with Crippen molar-refractivity contribution in [3.63, 3.8) is 0 Å². The maximum absolute atomic E-state index is 13.4. The molecule has 11 aromatic heterocycles. The van der Waals surface area contributed by atoms with Crippen molar-refractivity contribution in [3.8, 4) is 39.9 Å². The first-order valence-corrected chi connectivity index (χ1v) is 37.7. The van der Waals surface area contributed by atoms with Crippen LogP contribution in [-0.2, 0) is 18.3 Å². The van der Waals surface area contributed by atoms with Gasteiger partial charge in [-0.2, -0.15) is 5.10 Å². The first-order valence-electron chi connectivity index (χ1n) is 36.8. The number of aryl methyl sites for hydroxylation is 1. The summed E-state index contributed by atoms with van der Waals surface area (Å²) in [7, 11) is 3.51. The van der Waals surface area contributed by atoms with Gasteiger partial charge in [0.05, 0.1) is 41.7 Å². The number of H-pyrrole nitrogens is 3. The van der Waals surface area contributed by atoms with Crippen molar-refractivity contribution in [3.05, 3.63) is 241 Å². The summed E-state index contributed by atoms with van der Waals surface area (Å²) in [4.78, 5) is 84.3. The maximum atomic E-state index is 13.4. The Hall–Kier alpha value is -13.2. The van der Waals surface area contributed by atoms with E-state index in [-0.39, 0.29) is 35.5 Å². The molecule has 20 rings (SSSR count). The molecule has 14 heterocycles. The van der Waals surface area contributed by atoms with Crippen LogP contribution in [0, 0.1) is 0 Å². The quantitative estimate of drug-likeness (QED) is 0.0702. The van der Waals surface area contributed by atoms with Crippen LogP contribution in [-0.4, -0.2) is 147 Å². The highest BCUT2D eigenvalue weighted by atomic mass is 32.1. The maximum Gasteiger partial charge on any atom is 0.275 e. The molecule has 6 aromatic carbocycles. The zero-order valence-corrected chi connectivity index (χ0v) is 60.9. The number of fused-ring (bicyclic) bond motifs is 8. The number of imidazole rings is 3. The van der Waals surface area contributed by atoms with E-state index in [0.29, 0.717) is 68.8 Å². The van der Waals surface area contributed by atoms with Crippen molar-refractivity contribution in [1.29, 1.82) is 0 Å². The lowest BCUT2D eigenvalue weighted by Gasteiger charge is -2.31. The average Bonchev–Trinajstić information content (AvgIpc) is 1.61. The lowest BCUT2D eigenvalue weighted by molar-refractivity contribution is -0.131. The molecule has 0 unspecified atom stereocenters. The van der Waals surface area contributed by atoms with Gasteiger partial charge >= 0.3 is 0 Å². The standard InChI is InChI=1S/C28H26N8O.C28H28N6O2.C28H24N6OS/c1-34-22-9-5-3-7-19(22)23(33-34)28(37)35-13-10-17(11-14-35)27-32-24(25-26(29)30-12-15-36(25)27)21-16-18-6-2-4-8-20(18)31-21;1-36-21-7-4-5-18(15-21)16-24(35)33-12-9-19(10-13-33)28-32-25(26-27(29)30-11-14-34(26)28)23-17-20-6-2-3-8-22(20)31-23;29-26-25-24(22-15-18-5-1-3-7-21(18)31-22)32-27(34(25)14-11-30-26)17-9-12-33(13-10-17)28(35)20-16-36-23-8-4-2-6-19(20)23/h2-9,12,15-17,31H,10-11,13-14H2,1H3,(H2,29,30);2-8,11,14-15,17,19,31H,9-10,12-13,16H2,1H3,(H2,29,30);1-8,11,14-17,31H,9-10,12-13H2,(H2,29,30). The number of thiophene rings is 1. The first-order chi connectivity index (χ1) is 53.4. The molecule has 25 heteroatoms. The summed E-state index contributed by atoms with van der Waals surface area (Å²) < 4.78 is 14.4. The Morgan fingerprint density at radius 1 is 0.486 bits per heavy atom. The Balaban J connectivity index is 0.000000115. The first kappa shape index (κ1) is 67.7. The summed E-state index contributed by atoms with van der Waals surface area (Å²) in [5, 5.41) is 11.8. The number of carbonyl (C=O) groups is 3. The normalized spacial score (nSPS) is 14.7. The molecular formula is C84H78N20O4S. The molecular weight excluding hydrogens is 1390 g/mol. The van der Waals surface area contributed by atoms with E-state index in [2.05, 4.69) is 109 Å². The second kappa shape index (κ2) is 28.3. The largest absolute Gasteiger partial charge is 0.497 e. The lowest BCUT2D eigenvalue weighted by atomic mass is 9.95. The number of aromatic nitrogens is 14. The minimum atomic E-state index is -0.0181. The van der Waals surface area contributed by atoms with Gasteiger partial charge in [-0.05, 0) is 105 Å². The minimum absolute atomic E-state index is 0.0181. The number of methoxy groups -OCH3 is 1. The van der Waals surface area contributed by atoms with E-state index in [1.807, 2.05) is 149 Å². The van der Waals surface area contributed by atoms with E-state index >= 15 is 0 Å². The van der Waals surface area contributed by atoms with E-state index in [9.17, 15) is 14.4 Å². The van der Waals surface area contributed by atoms with Crippen LogP contribution in [0.1, 0.15) is 100 Å². The van der Waals surface area contributed by atoms with Crippen LogP contribution in [0.4, 0.5) is 17.5 Å². The number of nitrogens with one attached hydrogen (secondary N) is 3. The number of hydrogen-bond acceptors (Lipinski definition) is 15. The third-order valence-corrected chi connectivity index (χ3v) is 22.8. The van der Waals surface area contributed by atoms with E-state index in [1.54, 1.807) is 41.7 Å². The number of anilines is 3. The molecule has 0 aliphatic carbocycles. The van der Waals surface area contributed by atoms with Crippen LogP contribution in [0.5, 0.6) is 5.75 Å². The van der Waals surface area contributed by atoms with E-state index in [4.69, 9.17) is 36.9 Å². The highest BCUT2D eigenvalue weighted by molar-refractivity contribution is 7.17. The van der Waals surface area contributed by atoms with Gasteiger partial charge < -0.3 is 51.6 Å². The molecule has 0 saturated carbocycles. The molecule has 544 valence electrons. The second-order valence-corrected chi connectivity index (χ2v) is 29.2. The lowest BCUT2D eigenvalue weighted by Crippen LogP contribution is -2.39.